The zero-order chi connectivity index (χ0) is 14.5. The first-order valence-electron chi connectivity index (χ1n) is 6.76. The molecule has 0 spiro atoms. The Morgan fingerprint density at radius 2 is 1.90 bits per heavy atom. The monoisotopic (exact) mass is 272 g/mol. The second-order valence-electron chi connectivity index (χ2n) is 4.96. The minimum atomic E-state index is -0.166. The van der Waals surface area contributed by atoms with Crippen LogP contribution < -0.4 is 11.1 Å². The number of nitrogen functional groups attached to an aromatic ring is 1. The van der Waals surface area contributed by atoms with Gasteiger partial charge in [0.1, 0.15) is 0 Å². The van der Waals surface area contributed by atoms with Crippen molar-refractivity contribution in [3.63, 3.8) is 0 Å². The Kier molecular flexibility index (Phi) is 4.58. The molecule has 0 fully saturated rings. The van der Waals surface area contributed by atoms with E-state index in [0.717, 1.165) is 10.8 Å². The molecule has 1 amide bonds. The third kappa shape index (κ3) is 3.48. The average molecular weight is 272 g/mol. The fourth-order valence-corrected chi connectivity index (χ4v) is 2.01. The highest BCUT2D eigenvalue weighted by atomic mass is 16.5. The molecule has 0 saturated carbocycles. The standard InChI is InChI=1S/C16H20N2O2/c1-11(2)20-8-7-18-16(19)14-9-12-5-3-4-6-13(12)10-15(14)17/h3-6,9-11H,7-8,17H2,1-2H3,(H,18,19). The van der Waals surface area contributed by atoms with Crippen LogP contribution in [0.15, 0.2) is 36.4 Å². The van der Waals surface area contributed by atoms with Crippen molar-refractivity contribution in [2.75, 3.05) is 18.9 Å². The van der Waals surface area contributed by atoms with Crippen LogP contribution in [0.5, 0.6) is 0 Å². The van der Waals surface area contributed by atoms with Crippen LogP contribution in [0.2, 0.25) is 0 Å². The topological polar surface area (TPSA) is 64.3 Å². The van der Waals surface area contributed by atoms with Crippen molar-refractivity contribution in [3.05, 3.63) is 42.0 Å². The normalized spacial score (nSPS) is 10.9. The van der Waals surface area contributed by atoms with E-state index in [1.54, 1.807) is 0 Å². The molecule has 0 saturated heterocycles. The summed E-state index contributed by atoms with van der Waals surface area (Å²) in [5.41, 5.74) is 6.95. The Labute approximate surface area is 118 Å². The maximum Gasteiger partial charge on any atom is 0.253 e. The lowest BCUT2D eigenvalue weighted by Crippen LogP contribution is -2.28. The van der Waals surface area contributed by atoms with Crippen LogP contribution in [0.4, 0.5) is 5.69 Å². The number of nitrogens with two attached hydrogens (primary N) is 1. The highest BCUT2D eigenvalue weighted by Crippen LogP contribution is 2.21. The van der Waals surface area contributed by atoms with E-state index in [1.807, 2.05) is 50.2 Å². The summed E-state index contributed by atoms with van der Waals surface area (Å²) in [6, 6.07) is 11.5. The molecule has 0 aromatic heterocycles. The molecule has 2 rings (SSSR count). The average Bonchev–Trinajstić information content (AvgIpc) is 2.42. The molecule has 0 aliphatic carbocycles. The molecular formula is C16H20N2O2. The number of amides is 1. The van der Waals surface area contributed by atoms with Gasteiger partial charge >= 0.3 is 0 Å². The summed E-state index contributed by atoms with van der Waals surface area (Å²) in [4.78, 5) is 12.1. The van der Waals surface area contributed by atoms with Crippen LogP contribution in [-0.4, -0.2) is 25.2 Å². The number of carbonyl (C=O) groups excluding carboxylic acids is 1. The Morgan fingerprint density at radius 3 is 2.55 bits per heavy atom. The van der Waals surface area contributed by atoms with Gasteiger partial charge in [0.05, 0.1) is 18.3 Å². The number of benzene rings is 2. The van der Waals surface area contributed by atoms with Gasteiger partial charge in [-0.1, -0.05) is 24.3 Å². The van der Waals surface area contributed by atoms with Crippen LogP contribution in [0.1, 0.15) is 24.2 Å². The second kappa shape index (κ2) is 6.39. The lowest BCUT2D eigenvalue weighted by Gasteiger charge is -2.10. The van der Waals surface area contributed by atoms with Crippen molar-refractivity contribution in [3.8, 4) is 0 Å². The summed E-state index contributed by atoms with van der Waals surface area (Å²) in [7, 11) is 0. The van der Waals surface area contributed by atoms with E-state index >= 15 is 0 Å². The van der Waals surface area contributed by atoms with Crippen LogP contribution >= 0.6 is 0 Å². The van der Waals surface area contributed by atoms with Crippen LogP contribution in [0.3, 0.4) is 0 Å². The van der Waals surface area contributed by atoms with E-state index < -0.39 is 0 Å². The van der Waals surface area contributed by atoms with Gasteiger partial charge in [0.25, 0.3) is 5.91 Å². The van der Waals surface area contributed by atoms with Crippen molar-refractivity contribution >= 4 is 22.4 Å². The zero-order valence-corrected chi connectivity index (χ0v) is 11.8. The van der Waals surface area contributed by atoms with E-state index in [1.165, 1.54) is 0 Å². The summed E-state index contributed by atoms with van der Waals surface area (Å²) < 4.78 is 5.38. The lowest BCUT2D eigenvalue weighted by molar-refractivity contribution is 0.0747. The first-order valence-corrected chi connectivity index (χ1v) is 6.76. The fourth-order valence-electron chi connectivity index (χ4n) is 2.01. The number of anilines is 1. The molecule has 3 N–H and O–H groups in total. The van der Waals surface area contributed by atoms with E-state index in [4.69, 9.17) is 10.5 Å². The van der Waals surface area contributed by atoms with Crippen molar-refractivity contribution in [2.24, 2.45) is 0 Å². The predicted molar refractivity (Wildman–Crippen MR) is 81.8 cm³/mol. The minimum Gasteiger partial charge on any atom is -0.398 e. The van der Waals surface area contributed by atoms with Crippen LogP contribution in [0.25, 0.3) is 10.8 Å². The maximum absolute atomic E-state index is 12.1. The quantitative estimate of drug-likeness (QED) is 0.649. The zero-order valence-electron chi connectivity index (χ0n) is 11.8. The summed E-state index contributed by atoms with van der Waals surface area (Å²) in [6.45, 7) is 4.90. The van der Waals surface area contributed by atoms with E-state index in [0.29, 0.717) is 24.4 Å². The number of carbonyl (C=O) groups is 1. The summed E-state index contributed by atoms with van der Waals surface area (Å²) in [5, 5.41) is 4.85. The molecule has 2 aromatic carbocycles. The van der Waals surface area contributed by atoms with Crippen molar-refractivity contribution < 1.29 is 9.53 Å². The fraction of sp³-hybridized carbons (Fsp3) is 0.312. The molecule has 0 atom stereocenters. The van der Waals surface area contributed by atoms with Gasteiger partial charge in [-0.2, -0.15) is 0 Å². The number of ether oxygens (including phenoxy) is 1. The Balaban J connectivity index is 2.07. The molecule has 2 aromatic rings. The third-order valence-electron chi connectivity index (χ3n) is 3.00. The SMILES string of the molecule is CC(C)OCCNC(=O)c1cc2ccccc2cc1N. The summed E-state index contributed by atoms with van der Waals surface area (Å²) in [5.74, 6) is -0.166. The van der Waals surface area contributed by atoms with E-state index in [2.05, 4.69) is 5.32 Å². The molecule has 20 heavy (non-hydrogen) atoms. The summed E-state index contributed by atoms with van der Waals surface area (Å²) in [6.07, 6.45) is 0.164. The summed E-state index contributed by atoms with van der Waals surface area (Å²) >= 11 is 0. The van der Waals surface area contributed by atoms with Gasteiger partial charge in [-0.15, -0.1) is 0 Å². The van der Waals surface area contributed by atoms with E-state index in [-0.39, 0.29) is 12.0 Å². The highest BCUT2D eigenvalue weighted by Gasteiger charge is 2.10. The van der Waals surface area contributed by atoms with Gasteiger partial charge in [0, 0.05) is 12.2 Å². The molecule has 0 radical (unpaired) electrons. The number of rotatable bonds is 5. The molecule has 4 heteroatoms. The van der Waals surface area contributed by atoms with Crippen molar-refractivity contribution in [1.82, 2.24) is 5.32 Å². The Bertz CT molecular complexity index is 608. The van der Waals surface area contributed by atoms with Crippen molar-refractivity contribution in [2.45, 2.75) is 20.0 Å². The van der Waals surface area contributed by atoms with Gasteiger partial charge in [0.15, 0.2) is 0 Å². The molecule has 0 aliphatic rings. The van der Waals surface area contributed by atoms with Gasteiger partial charge < -0.3 is 15.8 Å². The number of nitrogens with one attached hydrogen (secondary N) is 1. The lowest BCUT2D eigenvalue weighted by atomic mass is 10.0. The first kappa shape index (κ1) is 14.3. The first-order chi connectivity index (χ1) is 9.58. The van der Waals surface area contributed by atoms with Gasteiger partial charge in [-0.05, 0) is 36.8 Å². The molecule has 0 unspecified atom stereocenters. The molecule has 0 aliphatic heterocycles. The molecular weight excluding hydrogens is 252 g/mol. The molecule has 106 valence electrons. The predicted octanol–water partition coefficient (Wildman–Crippen LogP) is 2.58. The number of hydrogen-bond acceptors (Lipinski definition) is 3. The smallest absolute Gasteiger partial charge is 0.253 e. The van der Waals surface area contributed by atoms with Crippen LogP contribution in [-0.2, 0) is 4.74 Å². The third-order valence-corrected chi connectivity index (χ3v) is 3.00. The van der Waals surface area contributed by atoms with Crippen LogP contribution in [0, 0.1) is 0 Å². The van der Waals surface area contributed by atoms with Gasteiger partial charge in [0.2, 0.25) is 0 Å². The molecule has 4 nitrogen and oxygen atoms in total. The highest BCUT2D eigenvalue weighted by molar-refractivity contribution is 6.03. The van der Waals surface area contributed by atoms with Gasteiger partial charge in [-0.3, -0.25) is 4.79 Å². The largest absolute Gasteiger partial charge is 0.398 e. The minimum absolute atomic E-state index is 0.164. The molecule has 0 heterocycles. The molecule has 0 bridgehead atoms. The Hall–Kier alpha value is -2.07. The second-order valence-corrected chi connectivity index (χ2v) is 4.96. The maximum atomic E-state index is 12.1. The number of fused-ring (bicyclic) bond motifs is 1. The van der Waals surface area contributed by atoms with Crippen molar-refractivity contribution in [1.29, 1.82) is 0 Å². The van der Waals surface area contributed by atoms with Gasteiger partial charge in [-0.25, -0.2) is 0 Å². The van der Waals surface area contributed by atoms with E-state index in [9.17, 15) is 4.79 Å². The number of hydrogen-bond donors (Lipinski definition) is 2. The Morgan fingerprint density at radius 1 is 1.25 bits per heavy atom.